The van der Waals surface area contributed by atoms with Gasteiger partial charge >= 0.3 is 12.3 Å². The summed E-state index contributed by atoms with van der Waals surface area (Å²) in [5.41, 5.74) is 2.25. The number of hydrogen-bond donors (Lipinski definition) is 0. The Morgan fingerprint density at radius 2 is 1.44 bits per heavy atom. The molecule has 0 bridgehead atoms. The second-order valence-corrected chi connectivity index (χ2v) is 7.28. The van der Waals surface area contributed by atoms with E-state index >= 15 is 0 Å². The van der Waals surface area contributed by atoms with E-state index in [1.165, 1.54) is 24.8 Å². The summed E-state index contributed by atoms with van der Waals surface area (Å²) in [7, 11) is 0. The van der Waals surface area contributed by atoms with Crippen molar-refractivity contribution in [1.82, 2.24) is 0 Å². The summed E-state index contributed by atoms with van der Waals surface area (Å²) in [5, 5.41) is 1.16. The van der Waals surface area contributed by atoms with Crippen LogP contribution in [0.15, 0.2) is 22.2 Å². The van der Waals surface area contributed by atoms with Crippen LogP contribution in [0, 0.1) is 0 Å². The molecule has 0 aliphatic carbocycles. The zero-order valence-electron chi connectivity index (χ0n) is 16.1. The molecule has 0 nitrogen and oxygen atoms in total. The largest absolute Gasteiger partial charge is 0.335 e. The minimum atomic E-state index is -4.46. The highest BCUT2D eigenvalue weighted by molar-refractivity contribution is 9.09. The van der Waals surface area contributed by atoms with Crippen LogP contribution in [-0.4, -0.2) is 30.2 Å². The van der Waals surface area contributed by atoms with Crippen molar-refractivity contribution in [3.05, 3.63) is 22.2 Å². The Morgan fingerprint density at radius 1 is 1.11 bits per heavy atom. The van der Waals surface area contributed by atoms with Crippen molar-refractivity contribution < 1.29 is 22.0 Å². The van der Waals surface area contributed by atoms with Crippen LogP contribution in [-0.2, 0) is 0 Å². The molecule has 0 aliphatic heterocycles. The van der Waals surface area contributed by atoms with Crippen LogP contribution in [0.4, 0.5) is 22.0 Å². The molecule has 0 saturated heterocycles. The Labute approximate surface area is 189 Å². The summed E-state index contributed by atoms with van der Waals surface area (Å²) < 4.78 is 54.8. The Morgan fingerprint density at radius 3 is 1.44 bits per heavy atom. The van der Waals surface area contributed by atoms with Crippen LogP contribution in [0.5, 0.6) is 0 Å². The lowest BCUT2D eigenvalue weighted by Crippen LogP contribution is -2.28. The van der Waals surface area contributed by atoms with E-state index in [1.54, 1.807) is 0 Å². The van der Waals surface area contributed by atoms with Crippen molar-refractivity contribution >= 4 is 62.3 Å². The fourth-order valence-electron chi connectivity index (χ4n) is 0.326. The van der Waals surface area contributed by atoms with Crippen molar-refractivity contribution in [2.24, 2.45) is 0 Å². The fourth-order valence-corrected chi connectivity index (χ4v) is 1.15. The molecule has 0 rings (SSSR count). The Hall–Kier alpha value is 0.770. The van der Waals surface area contributed by atoms with Gasteiger partial charge in [-0.05, 0) is 26.7 Å². The summed E-state index contributed by atoms with van der Waals surface area (Å²) in [6, 6.07) is 0. The first-order valence-electron chi connectivity index (χ1n) is 7.91. The fraction of sp³-hybridized carbons (Fsp3) is 0.765. The average Bonchev–Trinajstić information content (AvgIpc) is 2.57. The van der Waals surface area contributed by atoms with E-state index in [2.05, 4.69) is 36.4 Å². The van der Waals surface area contributed by atoms with Gasteiger partial charge in [0.05, 0.1) is 0 Å². The van der Waals surface area contributed by atoms with Crippen molar-refractivity contribution in [1.29, 1.82) is 0 Å². The van der Waals surface area contributed by atoms with Crippen molar-refractivity contribution in [3.63, 3.8) is 0 Å². The molecule has 0 heterocycles. The number of alkyl halides is 7. The Kier molecular flexibility index (Phi) is 44.7. The summed E-state index contributed by atoms with van der Waals surface area (Å²) in [6.45, 7) is 9.51. The molecular formula is C17H30BrCl4F5. The molecule has 0 aliphatic rings. The van der Waals surface area contributed by atoms with Crippen molar-refractivity contribution in [3.8, 4) is 0 Å². The lowest BCUT2D eigenvalue weighted by molar-refractivity contribution is -0.139. The van der Waals surface area contributed by atoms with Crippen LogP contribution in [0.2, 0.25) is 0 Å². The predicted octanol–water partition coefficient (Wildman–Crippen LogP) is 10.1. The first kappa shape index (κ1) is 38.4. The maximum Gasteiger partial charge on any atom is 0.335 e. The molecule has 0 radical (unpaired) electrons. The molecule has 0 unspecified atom stereocenters. The molecule has 0 amide bonds. The molecule has 0 fully saturated rings. The third kappa shape index (κ3) is 66.0. The third-order valence-corrected chi connectivity index (χ3v) is 3.04. The van der Waals surface area contributed by atoms with E-state index in [1.807, 2.05) is 13.8 Å². The van der Waals surface area contributed by atoms with Crippen LogP contribution >= 0.6 is 62.3 Å². The highest BCUT2D eigenvalue weighted by atomic mass is 79.9. The monoisotopic (exact) mass is 548 g/mol. The van der Waals surface area contributed by atoms with Crippen molar-refractivity contribution in [2.45, 2.75) is 65.7 Å². The second-order valence-electron chi connectivity index (χ2n) is 4.89. The molecule has 0 aromatic carbocycles. The van der Waals surface area contributed by atoms with Crippen LogP contribution < -0.4 is 0 Å². The van der Waals surface area contributed by atoms with Crippen LogP contribution in [0.25, 0.3) is 0 Å². The van der Waals surface area contributed by atoms with E-state index in [0.717, 1.165) is 23.2 Å². The normalized spacial score (nSPS) is 9.15. The molecule has 0 aromatic heterocycles. The molecule has 0 spiro atoms. The summed E-state index contributed by atoms with van der Waals surface area (Å²) in [5.74, 6) is -3.64. The molecule has 27 heavy (non-hydrogen) atoms. The van der Waals surface area contributed by atoms with E-state index < -0.39 is 19.0 Å². The highest BCUT2D eigenvalue weighted by Gasteiger charge is 2.40. The van der Waals surface area contributed by atoms with E-state index in [-0.39, 0.29) is 4.49 Å². The molecule has 168 valence electrons. The zero-order chi connectivity index (χ0) is 22.9. The Bertz CT molecular complexity index is 300. The smallest absolute Gasteiger partial charge is 0.244 e. The molecule has 0 aromatic rings. The van der Waals surface area contributed by atoms with Gasteiger partial charge in [0.1, 0.15) is 4.49 Å². The molecule has 0 N–H and O–H groups in total. The minimum absolute atomic E-state index is 0.0895. The number of unbranched alkanes of at least 4 members (excludes halogenated alkanes) is 2. The summed E-state index contributed by atoms with van der Waals surface area (Å²) in [6.07, 6.45) is 1.07. The lowest BCUT2D eigenvalue weighted by atomic mass is 10.4. The van der Waals surface area contributed by atoms with Crippen LogP contribution in [0.3, 0.4) is 0 Å². The van der Waals surface area contributed by atoms with Gasteiger partial charge in [-0.1, -0.05) is 83.0 Å². The highest BCUT2D eigenvalue weighted by Crippen LogP contribution is 2.22. The third-order valence-electron chi connectivity index (χ3n) is 1.55. The van der Waals surface area contributed by atoms with Gasteiger partial charge in [-0.3, -0.25) is 0 Å². The Balaban J connectivity index is -0.0000000766. The van der Waals surface area contributed by atoms with Gasteiger partial charge in [0, 0.05) is 16.7 Å². The van der Waals surface area contributed by atoms with E-state index in [9.17, 15) is 22.0 Å². The van der Waals surface area contributed by atoms with Crippen molar-refractivity contribution in [2.75, 3.05) is 17.9 Å². The first-order chi connectivity index (χ1) is 12.3. The molecule has 0 atom stereocenters. The van der Waals surface area contributed by atoms with E-state index in [4.69, 9.17) is 46.4 Å². The quantitative estimate of drug-likeness (QED) is 0.175. The van der Waals surface area contributed by atoms with E-state index in [0.29, 0.717) is 0 Å². The summed E-state index contributed by atoms with van der Waals surface area (Å²) >= 11 is 23.4. The van der Waals surface area contributed by atoms with Gasteiger partial charge < -0.3 is 0 Å². The van der Waals surface area contributed by atoms with Gasteiger partial charge in [0.25, 0.3) is 0 Å². The molecular weight excluding hydrogens is 521 g/mol. The lowest BCUT2D eigenvalue weighted by Gasteiger charge is -2.08. The number of rotatable bonds is 6. The average molecular weight is 551 g/mol. The maximum atomic E-state index is 11.2. The standard InChI is InChI=1S/C4H9Br.C4H9Cl.C4H8.C3H3F5.C2HCl3/c2*1-2-3-4-5;1-4(2)3;4-1-3(7,8)2(5)6;3-1-2(4)5/h2*2-4H2,1H3;1H2,2-3H3;2H,1H2;1H. The second kappa shape index (κ2) is 31.5. The molecule has 0 saturated carbocycles. The van der Waals surface area contributed by atoms with Crippen LogP contribution in [0.1, 0.15) is 53.4 Å². The number of hydrogen-bond acceptors (Lipinski definition) is 0. The first-order valence-corrected chi connectivity index (χ1v) is 10.8. The van der Waals surface area contributed by atoms with Gasteiger partial charge in [-0.2, -0.15) is 8.78 Å². The maximum absolute atomic E-state index is 11.2. The molecule has 10 heteroatoms. The number of halogens is 10. The number of allylic oxidation sites excluding steroid dienone is 1. The topological polar surface area (TPSA) is 0 Å². The zero-order valence-corrected chi connectivity index (χ0v) is 20.7. The minimum Gasteiger partial charge on any atom is -0.244 e. The van der Waals surface area contributed by atoms with Gasteiger partial charge in [0.2, 0.25) is 0 Å². The van der Waals surface area contributed by atoms with Gasteiger partial charge in [-0.25, -0.2) is 13.2 Å². The predicted molar refractivity (Wildman–Crippen MR) is 117 cm³/mol. The SMILES string of the molecule is C=C(C)C.CCCCBr.CCCCCl.ClC=C(Cl)Cl.FCC(F)(F)C(F)F. The van der Waals surface area contributed by atoms with Gasteiger partial charge in [0.15, 0.2) is 6.67 Å². The summed E-state index contributed by atoms with van der Waals surface area (Å²) in [4.78, 5) is 0. The van der Waals surface area contributed by atoms with Gasteiger partial charge in [-0.15, -0.1) is 18.2 Å².